The standard InChI is InChI=1S/C8H9BrClNO2/c1-13-8(12)7-5(4-9)6(10)2-3-11-7/h2-3,5,7H,4H2,1H3. The summed E-state index contributed by atoms with van der Waals surface area (Å²) in [5, 5.41) is 1.22. The van der Waals surface area contributed by atoms with E-state index in [0.29, 0.717) is 10.4 Å². The van der Waals surface area contributed by atoms with Gasteiger partial charge in [0.15, 0.2) is 6.04 Å². The maximum absolute atomic E-state index is 11.2. The Balaban J connectivity index is 2.81. The Labute approximate surface area is 89.9 Å². The Morgan fingerprint density at radius 2 is 2.54 bits per heavy atom. The zero-order valence-corrected chi connectivity index (χ0v) is 9.38. The summed E-state index contributed by atoms with van der Waals surface area (Å²) in [6.45, 7) is 0. The van der Waals surface area contributed by atoms with Gasteiger partial charge in [0.1, 0.15) is 0 Å². The maximum Gasteiger partial charge on any atom is 0.331 e. The highest BCUT2D eigenvalue weighted by atomic mass is 79.9. The highest BCUT2D eigenvalue weighted by molar-refractivity contribution is 9.09. The Bertz CT molecular complexity index is 265. The molecule has 0 aromatic heterocycles. The fourth-order valence-electron chi connectivity index (χ4n) is 1.09. The number of esters is 1. The van der Waals surface area contributed by atoms with Crippen LogP contribution in [0.25, 0.3) is 0 Å². The van der Waals surface area contributed by atoms with Gasteiger partial charge in [-0.2, -0.15) is 0 Å². The van der Waals surface area contributed by atoms with E-state index in [2.05, 4.69) is 25.7 Å². The number of hydrogen-bond acceptors (Lipinski definition) is 3. The second-order valence-electron chi connectivity index (χ2n) is 2.58. The third-order valence-corrected chi connectivity index (χ3v) is 2.93. The van der Waals surface area contributed by atoms with Crippen molar-refractivity contribution in [3.63, 3.8) is 0 Å². The number of carbonyl (C=O) groups excluding carboxylic acids is 1. The molecule has 3 nitrogen and oxygen atoms in total. The van der Waals surface area contributed by atoms with Crippen molar-refractivity contribution < 1.29 is 9.53 Å². The number of hydrogen-bond donors (Lipinski definition) is 0. The number of dihydropyridines is 1. The zero-order valence-electron chi connectivity index (χ0n) is 7.04. The van der Waals surface area contributed by atoms with Gasteiger partial charge in [-0.3, -0.25) is 4.99 Å². The minimum absolute atomic E-state index is 0.112. The molecular formula is C8H9BrClNO2. The fraction of sp³-hybridized carbons (Fsp3) is 0.500. The average molecular weight is 267 g/mol. The molecule has 0 saturated heterocycles. The first-order valence-electron chi connectivity index (χ1n) is 3.73. The lowest BCUT2D eigenvalue weighted by Crippen LogP contribution is -2.32. The summed E-state index contributed by atoms with van der Waals surface area (Å²) >= 11 is 9.19. The molecule has 0 radical (unpaired) electrons. The number of alkyl halides is 1. The molecule has 72 valence electrons. The van der Waals surface area contributed by atoms with Gasteiger partial charge >= 0.3 is 5.97 Å². The second kappa shape index (κ2) is 4.77. The van der Waals surface area contributed by atoms with Crippen LogP contribution in [0.1, 0.15) is 0 Å². The van der Waals surface area contributed by atoms with E-state index in [1.54, 1.807) is 6.08 Å². The summed E-state index contributed by atoms with van der Waals surface area (Å²) in [5.74, 6) is -0.467. The van der Waals surface area contributed by atoms with Crippen molar-refractivity contribution in [2.75, 3.05) is 12.4 Å². The largest absolute Gasteiger partial charge is 0.467 e. The van der Waals surface area contributed by atoms with Crippen LogP contribution >= 0.6 is 27.5 Å². The van der Waals surface area contributed by atoms with Crippen molar-refractivity contribution in [2.45, 2.75) is 6.04 Å². The topological polar surface area (TPSA) is 38.7 Å². The molecule has 5 heteroatoms. The van der Waals surface area contributed by atoms with Crippen molar-refractivity contribution in [1.29, 1.82) is 0 Å². The van der Waals surface area contributed by atoms with Crippen molar-refractivity contribution >= 4 is 39.7 Å². The van der Waals surface area contributed by atoms with Crippen LogP contribution in [0.3, 0.4) is 0 Å². The van der Waals surface area contributed by atoms with Crippen molar-refractivity contribution in [1.82, 2.24) is 0 Å². The van der Waals surface area contributed by atoms with Crippen molar-refractivity contribution in [2.24, 2.45) is 10.9 Å². The summed E-state index contributed by atoms with van der Waals surface area (Å²) in [5.41, 5.74) is 0. The summed E-state index contributed by atoms with van der Waals surface area (Å²) < 4.78 is 4.61. The van der Waals surface area contributed by atoms with Crippen LogP contribution in [-0.2, 0) is 9.53 Å². The smallest absolute Gasteiger partial charge is 0.331 e. The monoisotopic (exact) mass is 265 g/mol. The summed E-state index contributed by atoms with van der Waals surface area (Å²) in [7, 11) is 1.34. The van der Waals surface area contributed by atoms with Gasteiger partial charge in [0.05, 0.1) is 7.11 Å². The maximum atomic E-state index is 11.2. The number of ether oxygens (including phenoxy) is 1. The SMILES string of the molecule is COC(=O)C1N=CC=C(Cl)C1CBr. The van der Waals surface area contributed by atoms with Crippen LogP contribution in [-0.4, -0.2) is 30.7 Å². The predicted octanol–water partition coefficient (Wildman–Crippen LogP) is 1.75. The Morgan fingerprint density at radius 1 is 1.85 bits per heavy atom. The molecule has 0 N–H and O–H groups in total. The van der Waals surface area contributed by atoms with Gasteiger partial charge in [0, 0.05) is 22.5 Å². The molecule has 1 heterocycles. The van der Waals surface area contributed by atoms with E-state index >= 15 is 0 Å². The van der Waals surface area contributed by atoms with Gasteiger partial charge in [-0.05, 0) is 6.08 Å². The van der Waals surface area contributed by atoms with Gasteiger partial charge in [-0.1, -0.05) is 27.5 Å². The van der Waals surface area contributed by atoms with Gasteiger partial charge in [0.2, 0.25) is 0 Å². The molecule has 1 aliphatic heterocycles. The summed E-state index contributed by atoms with van der Waals surface area (Å²) in [6, 6.07) is -0.512. The highest BCUT2D eigenvalue weighted by Crippen LogP contribution is 2.26. The van der Waals surface area contributed by atoms with E-state index in [9.17, 15) is 4.79 Å². The van der Waals surface area contributed by atoms with E-state index in [0.717, 1.165) is 0 Å². The van der Waals surface area contributed by atoms with E-state index in [-0.39, 0.29) is 11.9 Å². The molecule has 13 heavy (non-hydrogen) atoms. The molecule has 0 bridgehead atoms. The Morgan fingerprint density at radius 3 is 3.08 bits per heavy atom. The minimum atomic E-state index is -0.512. The molecule has 0 saturated carbocycles. The number of carbonyl (C=O) groups is 1. The van der Waals surface area contributed by atoms with Crippen LogP contribution in [0.4, 0.5) is 0 Å². The van der Waals surface area contributed by atoms with Gasteiger partial charge in [-0.25, -0.2) is 4.79 Å². The molecule has 0 spiro atoms. The fourth-order valence-corrected chi connectivity index (χ4v) is 2.23. The first kappa shape index (κ1) is 10.7. The van der Waals surface area contributed by atoms with Crippen LogP contribution in [0, 0.1) is 5.92 Å². The number of rotatable bonds is 2. The summed E-state index contributed by atoms with van der Waals surface area (Å²) in [6.07, 6.45) is 3.22. The van der Waals surface area contributed by atoms with Crippen LogP contribution in [0.5, 0.6) is 0 Å². The Kier molecular flexibility index (Phi) is 3.93. The molecule has 0 aromatic rings. The number of aliphatic imine (C=N–C) groups is 1. The molecular weight excluding hydrogens is 257 g/mol. The minimum Gasteiger partial charge on any atom is -0.467 e. The quantitative estimate of drug-likeness (QED) is 0.564. The van der Waals surface area contributed by atoms with Crippen molar-refractivity contribution in [3.05, 3.63) is 11.1 Å². The third-order valence-electron chi connectivity index (χ3n) is 1.82. The first-order chi connectivity index (χ1) is 6.20. The van der Waals surface area contributed by atoms with Crippen LogP contribution in [0.15, 0.2) is 16.1 Å². The lowest BCUT2D eigenvalue weighted by Gasteiger charge is -2.21. The highest BCUT2D eigenvalue weighted by Gasteiger charge is 2.31. The van der Waals surface area contributed by atoms with Crippen molar-refractivity contribution in [3.8, 4) is 0 Å². The molecule has 1 rings (SSSR count). The van der Waals surface area contributed by atoms with Gasteiger partial charge in [0.25, 0.3) is 0 Å². The zero-order chi connectivity index (χ0) is 9.84. The first-order valence-corrected chi connectivity index (χ1v) is 5.23. The molecule has 0 amide bonds. The number of methoxy groups -OCH3 is 1. The molecule has 1 aliphatic rings. The van der Waals surface area contributed by atoms with Crippen LogP contribution < -0.4 is 0 Å². The lowest BCUT2D eigenvalue weighted by atomic mass is 10.00. The van der Waals surface area contributed by atoms with Gasteiger partial charge < -0.3 is 4.74 Å². The summed E-state index contributed by atoms with van der Waals surface area (Å²) in [4.78, 5) is 15.3. The lowest BCUT2D eigenvalue weighted by molar-refractivity contribution is -0.142. The van der Waals surface area contributed by atoms with E-state index < -0.39 is 6.04 Å². The molecule has 2 unspecified atom stereocenters. The molecule has 0 aromatic carbocycles. The molecule has 0 aliphatic carbocycles. The molecule has 0 fully saturated rings. The normalized spacial score (nSPS) is 26.8. The van der Waals surface area contributed by atoms with E-state index in [1.165, 1.54) is 13.3 Å². The number of halogens is 2. The van der Waals surface area contributed by atoms with E-state index in [4.69, 9.17) is 11.6 Å². The average Bonchev–Trinajstić information content (AvgIpc) is 2.16. The van der Waals surface area contributed by atoms with Crippen LogP contribution in [0.2, 0.25) is 0 Å². The predicted molar refractivity (Wildman–Crippen MR) is 55.5 cm³/mol. The van der Waals surface area contributed by atoms with E-state index in [1.807, 2.05) is 0 Å². The third kappa shape index (κ3) is 2.31. The number of allylic oxidation sites excluding steroid dienone is 1. The number of nitrogens with zero attached hydrogens (tertiary/aromatic N) is 1. The van der Waals surface area contributed by atoms with Gasteiger partial charge in [-0.15, -0.1) is 0 Å². The molecule has 2 atom stereocenters. The second-order valence-corrected chi connectivity index (χ2v) is 3.66. The Hall–Kier alpha value is -0.350.